The molecule has 14 heavy (non-hydrogen) atoms. The van der Waals surface area contributed by atoms with Crippen LogP contribution >= 0.6 is 0 Å². The summed E-state index contributed by atoms with van der Waals surface area (Å²) in [7, 11) is 0. The Bertz CT molecular complexity index is 329. The van der Waals surface area contributed by atoms with Crippen molar-refractivity contribution in [3.8, 4) is 0 Å². The number of rotatable bonds is 2. The van der Waals surface area contributed by atoms with Crippen LogP contribution in [0.2, 0.25) is 0 Å². The van der Waals surface area contributed by atoms with E-state index in [0.29, 0.717) is 0 Å². The van der Waals surface area contributed by atoms with Gasteiger partial charge in [-0.25, -0.2) is 13.2 Å². The lowest BCUT2D eigenvalue weighted by Gasteiger charge is -2.21. The number of benzene rings is 1. The van der Waals surface area contributed by atoms with Gasteiger partial charge in [0.05, 0.1) is 0 Å². The quantitative estimate of drug-likeness (QED) is 0.682. The van der Waals surface area contributed by atoms with Gasteiger partial charge in [0.1, 0.15) is 5.82 Å². The summed E-state index contributed by atoms with van der Waals surface area (Å²) in [5, 5.41) is 0. The zero-order valence-electron chi connectivity index (χ0n) is 8.44. The van der Waals surface area contributed by atoms with Gasteiger partial charge in [-0.3, -0.25) is 0 Å². The molecule has 0 saturated heterocycles. The molecule has 1 rings (SSSR count). The van der Waals surface area contributed by atoms with Gasteiger partial charge in [-0.15, -0.1) is 0 Å². The summed E-state index contributed by atoms with van der Waals surface area (Å²) in [5.41, 5.74) is 0.134. The number of hydrogen-bond donors (Lipinski definition) is 0. The van der Waals surface area contributed by atoms with Gasteiger partial charge in [0, 0.05) is 11.5 Å². The van der Waals surface area contributed by atoms with E-state index in [1.54, 1.807) is 0 Å². The molecule has 0 N–H and O–H groups in total. The zero-order chi connectivity index (χ0) is 10.9. The molecule has 0 amide bonds. The molecule has 0 aliphatic rings. The highest BCUT2D eigenvalue weighted by Crippen LogP contribution is 2.36. The molecule has 0 heterocycles. The molecule has 0 fully saturated rings. The van der Waals surface area contributed by atoms with Gasteiger partial charge in [-0.1, -0.05) is 19.9 Å². The molecule has 0 bridgehead atoms. The number of aryl methyl sites for hydroxylation is 1. The minimum absolute atomic E-state index is 0.119. The van der Waals surface area contributed by atoms with Gasteiger partial charge in [-0.2, -0.15) is 0 Å². The van der Waals surface area contributed by atoms with E-state index in [4.69, 9.17) is 0 Å². The first-order valence-electron chi connectivity index (χ1n) is 4.50. The van der Waals surface area contributed by atoms with Crippen molar-refractivity contribution in [2.45, 2.75) is 26.7 Å². The van der Waals surface area contributed by atoms with Crippen LogP contribution in [0.5, 0.6) is 0 Å². The van der Waals surface area contributed by atoms with E-state index in [1.807, 2.05) is 0 Å². The molecule has 0 aliphatic carbocycles. The molecular formula is C11H13F3. The summed E-state index contributed by atoms with van der Waals surface area (Å²) >= 11 is 0. The first-order chi connectivity index (χ1) is 6.35. The molecule has 0 unspecified atom stereocenters. The Morgan fingerprint density at radius 3 is 2.21 bits per heavy atom. The van der Waals surface area contributed by atoms with E-state index in [1.165, 1.54) is 26.8 Å². The highest BCUT2D eigenvalue weighted by molar-refractivity contribution is 5.27. The fourth-order valence-corrected chi connectivity index (χ4v) is 1.19. The van der Waals surface area contributed by atoms with E-state index in [2.05, 4.69) is 0 Å². The van der Waals surface area contributed by atoms with Gasteiger partial charge < -0.3 is 0 Å². The Labute approximate surface area is 81.8 Å². The predicted octanol–water partition coefficient (Wildman–Crippen LogP) is 3.88. The highest BCUT2D eigenvalue weighted by atomic mass is 19.3. The molecular weight excluding hydrogens is 189 g/mol. The topological polar surface area (TPSA) is 0 Å². The van der Waals surface area contributed by atoms with Crippen molar-refractivity contribution < 1.29 is 13.2 Å². The molecule has 0 spiro atoms. The highest BCUT2D eigenvalue weighted by Gasteiger charge is 2.35. The van der Waals surface area contributed by atoms with Crippen LogP contribution in [-0.2, 0) is 5.92 Å². The molecule has 0 radical (unpaired) electrons. The van der Waals surface area contributed by atoms with E-state index >= 15 is 0 Å². The van der Waals surface area contributed by atoms with Crippen molar-refractivity contribution >= 4 is 0 Å². The first kappa shape index (κ1) is 11.1. The van der Waals surface area contributed by atoms with Gasteiger partial charge in [0.15, 0.2) is 0 Å². The Balaban J connectivity index is 3.14. The van der Waals surface area contributed by atoms with Crippen LogP contribution in [-0.4, -0.2) is 0 Å². The van der Waals surface area contributed by atoms with Crippen molar-refractivity contribution in [2.75, 3.05) is 0 Å². The van der Waals surface area contributed by atoms with Gasteiger partial charge in [-0.05, 0) is 24.6 Å². The summed E-state index contributed by atoms with van der Waals surface area (Å²) in [5.74, 6) is -4.13. The van der Waals surface area contributed by atoms with E-state index < -0.39 is 17.7 Å². The standard InChI is InChI=1S/C11H13F3/c1-7(2)11(13,14)9-4-5-10(12)8(3)6-9/h4-7H,1-3H3. The second kappa shape index (κ2) is 3.64. The molecule has 0 aliphatic heterocycles. The van der Waals surface area contributed by atoms with Gasteiger partial charge in [0.2, 0.25) is 0 Å². The van der Waals surface area contributed by atoms with Gasteiger partial charge >= 0.3 is 0 Å². The minimum atomic E-state index is -2.89. The van der Waals surface area contributed by atoms with E-state index in [-0.39, 0.29) is 11.1 Å². The molecule has 3 heteroatoms. The maximum Gasteiger partial charge on any atom is 0.275 e. The summed E-state index contributed by atoms with van der Waals surface area (Å²) in [6.07, 6.45) is 0. The third kappa shape index (κ3) is 1.91. The Kier molecular flexibility index (Phi) is 2.88. The molecule has 0 saturated carbocycles. The van der Waals surface area contributed by atoms with Crippen molar-refractivity contribution in [1.29, 1.82) is 0 Å². The van der Waals surface area contributed by atoms with Crippen LogP contribution < -0.4 is 0 Å². The van der Waals surface area contributed by atoms with Crippen LogP contribution in [0, 0.1) is 18.7 Å². The van der Waals surface area contributed by atoms with Gasteiger partial charge in [0.25, 0.3) is 5.92 Å². The average molecular weight is 202 g/mol. The maximum atomic E-state index is 13.5. The largest absolute Gasteiger partial charge is 0.275 e. The maximum absolute atomic E-state index is 13.5. The van der Waals surface area contributed by atoms with E-state index in [9.17, 15) is 13.2 Å². The lowest BCUT2D eigenvalue weighted by Crippen LogP contribution is -2.21. The lowest BCUT2D eigenvalue weighted by atomic mass is 9.96. The number of halogens is 3. The van der Waals surface area contributed by atoms with Crippen LogP contribution in [0.25, 0.3) is 0 Å². The zero-order valence-corrected chi connectivity index (χ0v) is 8.44. The normalized spacial score (nSPS) is 12.2. The molecule has 0 aromatic heterocycles. The second-order valence-electron chi connectivity index (χ2n) is 3.74. The SMILES string of the molecule is Cc1cc(C(F)(F)C(C)C)ccc1F. The van der Waals surface area contributed by atoms with Crippen molar-refractivity contribution in [1.82, 2.24) is 0 Å². The fraction of sp³-hybridized carbons (Fsp3) is 0.455. The first-order valence-corrected chi connectivity index (χ1v) is 4.50. The molecule has 1 aromatic carbocycles. The Morgan fingerprint density at radius 2 is 1.79 bits per heavy atom. The predicted molar refractivity (Wildman–Crippen MR) is 49.9 cm³/mol. The molecule has 0 nitrogen and oxygen atoms in total. The smallest absolute Gasteiger partial charge is 0.207 e. The summed E-state index contributed by atoms with van der Waals surface area (Å²) in [4.78, 5) is 0. The second-order valence-corrected chi connectivity index (χ2v) is 3.74. The van der Waals surface area contributed by atoms with Crippen LogP contribution in [0.3, 0.4) is 0 Å². The Morgan fingerprint density at radius 1 is 1.21 bits per heavy atom. The van der Waals surface area contributed by atoms with Crippen LogP contribution in [0.15, 0.2) is 18.2 Å². The molecule has 78 valence electrons. The van der Waals surface area contributed by atoms with Crippen LogP contribution in [0.4, 0.5) is 13.2 Å². The van der Waals surface area contributed by atoms with Crippen molar-refractivity contribution in [3.63, 3.8) is 0 Å². The van der Waals surface area contributed by atoms with E-state index in [0.717, 1.165) is 12.1 Å². The lowest BCUT2D eigenvalue weighted by molar-refractivity contribution is -0.0514. The average Bonchev–Trinajstić information content (AvgIpc) is 2.09. The third-order valence-corrected chi connectivity index (χ3v) is 2.27. The monoisotopic (exact) mass is 202 g/mol. The van der Waals surface area contributed by atoms with Crippen molar-refractivity contribution in [2.24, 2.45) is 5.92 Å². The summed E-state index contributed by atoms with van der Waals surface area (Å²) in [6, 6.07) is 3.43. The molecule has 1 aromatic rings. The third-order valence-electron chi connectivity index (χ3n) is 2.27. The fourth-order valence-electron chi connectivity index (χ4n) is 1.19. The van der Waals surface area contributed by atoms with Crippen molar-refractivity contribution in [3.05, 3.63) is 35.1 Å². The summed E-state index contributed by atoms with van der Waals surface area (Å²) < 4.78 is 39.8. The van der Waals surface area contributed by atoms with Crippen LogP contribution in [0.1, 0.15) is 25.0 Å². The number of alkyl halides is 2. The Hall–Kier alpha value is -0.990. The summed E-state index contributed by atoms with van der Waals surface area (Å²) in [6.45, 7) is 4.37. The number of hydrogen-bond acceptors (Lipinski definition) is 0. The minimum Gasteiger partial charge on any atom is -0.207 e. The molecule has 0 atom stereocenters.